The Hall–Kier alpha value is -1.13. The average Bonchev–Trinajstić information content (AvgIpc) is 3.10. The average molecular weight is 749 g/mol. The first-order valence-corrected chi connectivity index (χ1v) is 22.3. The maximum atomic E-state index is 12.9. The Bertz CT molecular complexity index is 892. The highest BCUT2D eigenvalue weighted by molar-refractivity contribution is 7.52. The van der Waals surface area contributed by atoms with E-state index in [1.165, 1.54) is 89.9 Å². The molecular formula is C40H77O10P. The summed E-state index contributed by atoms with van der Waals surface area (Å²) in [6.07, 6.45) is 29.0. The summed E-state index contributed by atoms with van der Waals surface area (Å²) in [5.74, 6) is -3.29. The van der Waals surface area contributed by atoms with Gasteiger partial charge in [-0.05, 0) is 38.5 Å². The van der Waals surface area contributed by atoms with Crippen LogP contribution in [0.2, 0.25) is 0 Å². The van der Waals surface area contributed by atoms with Crippen LogP contribution in [0.15, 0.2) is 12.2 Å². The van der Waals surface area contributed by atoms with Crippen molar-refractivity contribution in [3.63, 3.8) is 0 Å². The minimum absolute atomic E-state index is 0.0651. The molecule has 4 atom stereocenters. The number of carbonyl (C=O) groups excluding carboxylic acids is 2. The summed E-state index contributed by atoms with van der Waals surface area (Å²) < 4.78 is 22.4. The third kappa shape index (κ3) is 30.0. The molecule has 51 heavy (non-hydrogen) atoms. The van der Waals surface area contributed by atoms with Crippen LogP contribution in [-0.2, 0) is 23.6 Å². The molecule has 0 amide bonds. The SMILES string of the molecule is CCCCCCCC/C=C\CCCCCCCC(=O)O[C@@H](COC(C(O)CO)P(=O)(O)O)C(O)C(=O)CCCCCCCCCCCCCCC. The third-order valence-electron chi connectivity index (χ3n) is 9.41. The van der Waals surface area contributed by atoms with Crippen molar-refractivity contribution < 1.29 is 48.7 Å². The monoisotopic (exact) mass is 749 g/mol. The van der Waals surface area contributed by atoms with Crippen LogP contribution in [0.25, 0.3) is 0 Å². The molecule has 0 aliphatic carbocycles. The fourth-order valence-electron chi connectivity index (χ4n) is 6.15. The molecule has 0 aromatic rings. The van der Waals surface area contributed by atoms with Gasteiger partial charge in [0.2, 0.25) is 0 Å². The first kappa shape index (κ1) is 49.9. The molecule has 5 N–H and O–H groups in total. The highest BCUT2D eigenvalue weighted by Crippen LogP contribution is 2.43. The highest BCUT2D eigenvalue weighted by atomic mass is 31.2. The van der Waals surface area contributed by atoms with E-state index in [2.05, 4.69) is 26.0 Å². The molecule has 0 aliphatic rings. The van der Waals surface area contributed by atoms with Gasteiger partial charge in [-0.3, -0.25) is 14.2 Å². The Morgan fingerprint density at radius 3 is 1.41 bits per heavy atom. The number of ketones is 1. The maximum Gasteiger partial charge on any atom is 0.356 e. The first-order valence-electron chi connectivity index (χ1n) is 20.6. The molecule has 0 fully saturated rings. The number of allylic oxidation sites excluding steroid dienone is 2. The summed E-state index contributed by atoms with van der Waals surface area (Å²) in [6, 6.07) is 0. The lowest BCUT2D eigenvalue weighted by atomic mass is 10.0. The minimum atomic E-state index is -5.03. The Labute approximate surface area is 310 Å². The van der Waals surface area contributed by atoms with Gasteiger partial charge < -0.3 is 34.6 Å². The van der Waals surface area contributed by atoms with E-state index < -0.39 is 56.7 Å². The van der Waals surface area contributed by atoms with Crippen LogP contribution < -0.4 is 0 Å². The Morgan fingerprint density at radius 2 is 1.00 bits per heavy atom. The number of unbranched alkanes of at least 4 members (excludes halogenated alkanes) is 23. The molecule has 0 saturated heterocycles. The van der Waals surface area contributed by atoms with E-state index in [9.17, 15) is 39.3 Å². The molecule has 0 bridgehead atoms. The van der Waals surface area contributed by atoms with Gasteiger partial charge in [-0.2, -0.15) is 0 Å². The molecule has 0 heterocycles. The van der Waals surface area contributed by atoms with E-state index in [1.54, 1.807) is 0 Å². The molecule has 0 rings (SSSR count). The first-order chi connectivity index (χ1) is 24.6. The van der Waals surface area contributed by atoms with Crippen LogP contribution in [0.1, 0.15) is 194 Å². The van der Waals surface area contributed by atoms with Gasteiger partial charge in [-0.15, -0.1) is 0 Å². The molecule has 3 unspecified atom stereocenters. The lowest BCUT2D eigenvalue weighted by molar-refractivity contribution is -0.165. The van der Waals surface area contributed by atoms with Crippen LogP contribution >= 0.6 is 7.60 Å². The largest absolute Gasteiger partial charge is 0.457 e. The summed E-state index contributed by atoms with van der Waals surface area (Å²) >= 11 is 0. The Kier molecular flexibility index (Phi) is 33.9. The fraction of sp³-hybridized carbons (Fsp3) is 0.900. The van der Waals surface area contributed by atoms with Crippen LogP contribution in [-0.4, -0.2) is 74.2 Å². The summed E-state index contributed by atoms with van der Waals surface area (Å²) in [5, 5.41) is 29.9. The van der Waals surface area contributed by atoms with Crippen molar-refractivity contribution in [2.24, 2.45) is 0 Å². The zero-order valence-corrected chi connectivity index (χ0v) is 33.3. The van der Waals surface area contributed by atoms with Crippen LogP contribution in [0, 0.1) is 0 Å². The van der Waals surface area contributed by atoms with Crippen molar-refractivity contribution in [2.45, 2.75) is 218 Å². The Morgan fingerprint density at radius 1 is 0.608 bits per heavy atom. The number of esters is 1. The van der Waals surface area contributed by atoms with Crippen molar-refractivity contribution in [3.05, 3.63) is 12.2 Å². The lowest BCUT2D eigenvalue weighted by Crippen LogP contribution is -2.43. The number of aliphatic hydroxyl groups is 3. The topological polar surface area (TPSA) is 171 Å². The summed E-state index contributed by atoms with van der Waals surface area (Å²) in [4.78, 5) is 44.7. The van der Waals surface area contributed by atoms with Gasteiger partial charge in [0.1, 0.15) is 6.10 Å². The number of Topliss-reactive ketones (excluding diaryl/α,β-unsaturated/α-hetero) is 1. The predicted octanol–water partition coefficient (Wildman–Crippen LogP) is 9.22. The maximum absolute atomic E-state index is 12.9. The van der Waals surface area contributed by atoms with Gasteiger partial charge in [-0.1, -0.05) is 154 Å². The number of aliphatic hydroxyl groups excluding tert-OH is 3. The smallest absolute Gasteiger partial charge is 0.356 e. The molecule has 10 nitrogen and oxygen atoms in total. The molecule has 0 saturated carbocycles. The molecule has 0 radical (unpaired) electrons. The molecule has 0 aliphatic heterocycles. The van der Waals surface area contributed by atoms with Crippen LogP contribution in [0.4, 0.5) is 0 Å². The second-order valence-corrected chi connectivity index (χ2v) is 16.0. The molecule has 0 aromatic heterocycles. The minimum Gasteiger partial charge on any atom is -0.457 e. The van der Waals surface area contributed by atoms with Gasteiger partial charge in [0.25, 0.3) is 0 Å². The van der Waals surface area contributed by atoms with E-state index >= 15 is 0 Å². The fourth-order valence-corrected chi connectivity index (χ4v) is 6.97. The van der Waals surface area contributed by atoms with E-state index in [0.29, 0.717) is 12.8 Å². The lowest BCUT2D eigenvalue weighted by Gasteiger charge is -2.27. The second-order valence-electron chi connectivity index (χ2n) is 14.3. The van der Waals surface area contributed by atoms with Crippen LogP contribution in [0.3, 0.4) is 0 Å². The molecule has 0 spiro atoms. The number of rotatable bonds is 38. The van der Waals surface area contributed by atoms with Gasteiger partial charge in [0.15, 0.2) is 23.8 Å². The molecule has 0 aromatic carbocycles. The Balaban J connectivity index is 4.57. The standard InChI is InChI=1S/C40H77O10P/c1-3-5-7-9-11-13-15-17-18-20-22-24-26-28-30-32-38(44)50-37(34-49-40(36(43)33-41)51(46,47)48)39(45)35(42)31-29-27-25-23-21-19-16-14-12-10-8-6-4-2/h17-18,36-37,39-41,43,45H,3-16,19-34H2,1-2H3,(H2,46,47,48)/b18-17-/t36?,37-,39?,40?/m0/s1. The highest BCUT2D eigenvalue weighted by Gasteiger charge is 2.39. The quantitative estimate of drug-likeness (QED) is 0.0177. The molecule has 11 heteroatoms. The number of hydrogen-bond donors (Lipinski definition) is 5. The molecular weight excluding hydrogens is 671 g/mol. The van der Waals surface area contributed by atoms with Gasteiger partial charge in [-0.25, -0.2) is 0 Å². The summed E-state index contributed by atoms with van der Waals surface area (Å²) in [5.41, 5.74) is 0. The zero-order chi connectivity index (χ0) is 38.0. The number of hydrogen-bond acceptors (Lipinski definition) is 8. The predicted molar refractivity (Wildman–Crippen MR) is 206 cm³/mol. The number of ether oxygens (including phenoxy) is 2. The van der Waals surface area contributed by atoms with Crippen molar-refractivity contribution in [1.29, 1.82) is 0 Å². The van der Waals surface area contributed by atoms with E-state index in [1.807, 2.05) is 0 Å². The van der Waals surface area contributed by atoms with E-state index in [0.717, 1.165) is 64.2 Å². The normalized spacial score (nSPS) is 14.5. The second kappa shape index (κ2) is 34.6. The third-order valence-corrected chi connectivity index (χ3v) is 10.6. The van der Waals surface area contributed by atoms with Gasteiger partial charge in [0.05, 0.1) is 13.2 Å². The van der Waals surface area contributed by atoms with Crippen molar-refractivity contribution in [2.75, 3.05) is 13.2 Å². The van der Waals surface area contributed by atoms with E-state index in [4.69, 9.17) is 9.47 Å². The number of carbonyl (C=O) groups is 2. The zero-order valence-electron chi connectivity index (χ0n) is 32.4. The van der Waals surface area contributed by atoms with E-state index in [-0.39, 0.29) is 12.8 Å². The molecule has 302 valence electrons. The van der Waals surface area contributed by atoms with Gasteiger partial charge in [0, 0.05) is 12.8 Å². The van der Waals surface area contributed by atoms with Crippen LogP contribution in [0.5, 0.6) is 0 Å². The van der Waals surface area contributed by atoms with Crippen molar-refractivity contribution in [1.82, 2.24) is 0 Å². The van der Waals surface area contributed by atoms with Crippen molar-refractivity contribution in [3.8, 4) is 0 Å². The summed E-state index contributed by atoms with van der Waals surface area (Å²) in [6.45, 7) is 2.75. The summed E-state index contributed by atoms with van der Waals surface area (Å²) in [7, 11) is -5.03. The van der Waals surface area contributed by atoms with Gasteiger partial charge >= 0.3 is 13.6 Å². The van der Waals surface area contributed by atoms with Crippen molar-refractivity contribution >= 4 is 19.3 Å².